The number of likely N-dealkylation sites (tertiary alicyclic amines) is 1. The van der Waals surface area contributed by atoms with E-state index in [9.17, 15) is 9.90 Å². The summed E-state index contributed by atoms with van der Waals surface area (Å²) in [7, 11) is 2.12. The largest absolute Gasteiger partial charge is 0.478 e. The van der Waals surface area contributed by atoms with Gasteiger partial charge in [-0.3, -0.25) is 0 Å². The Hall–Kier alpha value is -1.07. The molecule has 2 rings (SSSR count). The molecule has 0 amide bonds. The molecule has 19 heavy (non-hydrogen) atoms. The summed E-state index contributed by atoms with van der Waals surface area (Å²) in [6, 6.07) is 5.67. The molecule has 104 valence electrons. The minimum absolute atomic E-state index is 0.320. The monoisotopic (exact) mass is 326 g/mol. The minimum Gasteiger partial charge on any atom is -0.478 e. The van der Waals surface area contributed by atoms with Gasteiger partial charge in [0.15, 0.2) is 0 Å². The molecule has 2 atom stereocenters. The molecule has 2 unspecified atom stereocenters. The summed E-state index contributed by atoms with van der Waals surface area (Å²) in [5.74, 6) is -0.395. The van der Waals surface area contributed by atoms with Gasteiger partial charge in [-0.25, -0.2) is 4.79 Å². The van der Waals surface area contributed by atoms with E-state index in [4.69, 9.17) is 0 Å². The van der Waals surface area contributed by atoms with E-state index in [0.29, 0.717) is 23.2 Å². The maximum atomic E-state index is 11.3. The fourth-order valence-corrected chi connectivity index (χ4v) is 2.95. The van der Waals surface area contributed by atoms with E-state index in [-0.39, 0.29) is 0 Å². The van der Waals surface area contributed by atoms with Gasteiger partial charge in [-0.1, -0.05) is 22.9 Å². The number of hydrogen-bond acceptors (Lipinski definition) is 3. The Labute approximate surface area is 121 Å². The van der Waals surface area contributed by atoms with E-state index in [2.05, 4.69) is 40.1 Å². The lowest BCUT2D eigenvalue weighted by atomic mass is 9.93. The zero-order valence-corrected chi connectivity index (χ0v) is 12.8. The SMILES string of the molecule is CC1CN(C)CCC1Nc1ccc(Br)cc1C(=O)O. The smallest absolute Gasteiger partial charge is 0.337 e. The molecule has 0 aromatic heterocycles. The number of nitrogens with zero attached hydrogens (tertiary/aromatic N) is 1. The molecule has 1 aliphatic rings. The van der Waals surface area contributed by atoms with Crippen molar-refractivity contribution >= 4 is 27.6 Å². The molecule has 0 radical (unpaired) electrons. The van der Waals surface area contributed by atoms with Crippen molar-refractivity contribution in [2.75, 3.05) is 25.5 Å². The molecule has 2 N–H and O–H groups in total. The molecule has 0 aliphatic carbocycles. The van der Waals surface area contributed by atoms with Gasteiger partial charge in [0.25, 0.3) is 0 Å². The molecule has 0 spiro atoms. The predicted molar refractivity (Wildman–Crippen MR) is 79.8 cm³/mol. The summed E-state index contributed by atoms with van der Waals surface area (Å²) < 4.78 is 0.784. The number of anilines is 1. The molecule has 1 aromatic carbocycles. The van der Waals surface area contributed by atoms with Gasteiger partial charge in [0, 0.05) is 22.7 Å². The average molecular weight is 327 g/mol. The zero-order chi connectivity index (χ0) is 14.0. The average Bonchev–Trinajstić information content (AvgIpc) is 2.34. The zero-order valence-electron chi connectivity index (χ0n) is 11.2. The van der Waals surface area contributed by atoms with Gasteiger partial charge in [0.05, 0.1) is 5.56 Å². The van der Waals surface area contributed by atoms with Crippen molar-refractivity contribution in [2.45, 2.75) is 19.4 Å². The van der Waals surface area contributed by atoms with E-state index < -0.39 is 5.97 Å². The van der Waals surface area contributed by atoms with Crippen LogP contribution in [0.25, 0.3) is 0 Å². The van der Waals surface area contributed by atoms with Crippen molar-refractivity contribution in [1.29, 1.82) is 0 Å². The summed E-state index contributed by atoms with van der Waals surface area (Å²) in [5, 5.41) is 12.7. The number of piperidine rings is 1. The Bertz CT molecular complexity index is 479. The van der Waals surface area contributed by atoms with Crippen LogP contribution in [0.2, 0.25) is 0 Å². The van der Waals surface area contributed by atoms with Gasteiger partial charge in [-0.15, -0.1) is 0 Å². The highest BCUT2D eigenvalue weighted by molar-refractivity contribution is 9.10. The van der Waals surface area contributed by atoms with Gasteiger partial charge in [0.2, 0.25) is 0 Å². The highest BCUT2D eigenvalue weighted by Gasteiger charge is 2.25. The number of aromatic carboxylic acids is 1. The first-order valence-electron chi connectivity index (χ1n) is 6.45. The van der Waals surface area contributed by atoms with Crippen molar-refractivity contribution < 1.29 is 9.90 Å². The summed E-state index contributed by atoms with van der Waals surface area (Å²) in [6.45, 7) is 4.28. The van der Waals surface area contributed by atoms with Crippen LogP contribution in [0.5, 0.6) is 0 Å². The first kappa shape index (κ1) is 14.3. The molecule has 1 aliphatic heterocycles. The van der Waals surface area contributed by atoms with Crippen molar-refractivity contribution in [3.05, 3.63) is 28.2 Å². The van der Waals surface area contributed by atoms with Crippen LogP contribution in [0.4, 0.5) is 5.69 Å². The Kier molecular flexibility index (Phi) is 4.47. The van der Waals surface area contributed by atoms with Crippen LogP contribution in [0.1, 0.15) is 23.7 Å². The summed E-state index contributed by atoms with van der Waals surface area (Å²) in [5.41, 5.74) is 1.03. The number of carboxylic acids is 1. The third-order valence-corrected chi connectivity index (χ3v) is 4.15. The molecule has 4 nitrogen and oxygen atoms in total. The number of benzene rings is 1. The predicted octanol–water partition coefficient (Wildman–Crippen LogP) is 2.90. The van der Waals surface area contributed by atoms with Crippen LogP contribution >= 0.6 is 15.9 Å². The molecule has 1 fully saturated rings. The molecule has 1 saturated heterocycles. The molecular formula is C14H19BrN2O2. The van der Waals surface area contributed by atoms with Gasteiger partial charge >= 0.3 is 5.97 Å². The number of carbonyl (C=O) groups is 1. The third-order valence-electron chi connectivity index (χ3n) is 3.66. The summed E-state index contributed by atoms with van der Waals surface area (Å²) in [4.78, 5) is 13.6. The second-order valence-electron chi connectivity index (χ2n) is 5.27. The van der Waals surface area contributed by atoms with Crippen molar-refractivity contribution in [3.63, 3.8) is 0 Å². The quantitative estimate of drug-likeness (QED) is 0.896. The topological polar surface area (TPSA) is 52.6 Å². The molecule has 0 bridgehead atoms. The van der Waals surface area contributed by atoms with E-state index in [1.54, 1.807) is 6.07 Å². The van der Waals surface area contributed by atoms with Crippen LogP contribution < -0.4 is 5.32 Å². The number of rotatable bonds is 3. The van der Waals surface area contributed by atoms with Crippen LogP contribution in [-0.2, 0) is 0 Å². The Morgan fingerprint density at radius 2 is 2.26 bits per heavy atom. The van der Waals surface area contributed by atoms with E-state index in [1.807, 2.05) is 12.1 Å². The highest BCUT2D eigenvalue weighted by atomic mass is 79.9. The fourth-order valence-electron chi connectivity index (χ4n) is 2.59. The van der Waals surface area contributed by atoms with Crippen molar-refractivity contribution in [1.82, 2.24) is 4.90 Å². The van der Waals surface area contributed by atoms with Gasteiger partial charge in [-0.2, -0.15) is 0 Å². The standard InChI is InChI=1S/C14H19BrN2O2/c1-9-8-17(2)6-5-12(9)16-13-4-3-10(15)7-11(13)14(18)19/h3-4,7,9,12,16H,5-6,8H2,1-2H3,(H,18,19). The van der Waals surface area contributed by atoms with E-state index >= 15 is 0 Å². The maximum absolute atomic E-state index is 11.3. The molecule has 0 saturated carbocycles. The second kappa shape index (κ2) is 5.92. The Balaban J connectivity index is 2.17. The summed E-state index contributed by atoms with van der Waals surface area (Å²) in [6.07, 6.45) is 1.03. The van der Waals surface area contributed by atoms with Gasteiger partial charge < -0.3 is 15.3 Å². The van der Waals surface area contributed by atoms with Gasteiger partial charge in [0.1, 0.15) is 0 Å². The lowest BCUT2D eigenvalue weighted by molar-refractivity contribution is 0.0697. The Morgan fingerprint density at radius 3 is 2.89 bits per heavy atom. The number of nitrogens with one attached hydrogen (secondary N) is 1. The Morgan fingerprint density at radius 1 is 1.53 bits per heavy atom. The summed E-state index contributed by atoms with van der Waals surface area (Å²) >= 11 is 3.31. The van der Waals surface area contributed by atoms with Crippen molar-refractivity contribution in [2.24, 2.45) is 5.92 Å². The minimum atomic E-state index is -0.899. The van der Waals surface area contributed by atoms with Crippen molar-refractivity contribution in [3.8, 4) is 0 Å². The first-order valence-corrected chi connectivity index (χ1v) is 7.24. The second-order valence-corrected chi connectivity index (χ2v) is 6.19. The molecule has 5 heteroatoms. The molecular weight excluding hydrogens is 308 g/mol. The van der Waals surface area contributed by atoms with E-state index in [0.717, 1.165) is 24.0 Å². The molecule has 1 aromatic rings. The number of halogens is 1. The highest BCUT2D eigenvalue weighted by Crippen LogP contribution is 2.25. The first-order chi connectivity index (χ1) is 8.97. The van der Waals surface area contributed by atoms with Crippen LogP contribution in [0.3, 0.4) is 0 Å². The van der Waals surface area contributed by atoms with Crippen LogP contribution in [-0.4, -0.2) is 42.2 Å². The lowest BCUT2D eigenvalue weighted by Crippen LogP contribution is -2.43. The van der Waals surface area contributed by atoms with Crippen LogP contribution in [0, 0.1) is 5.92 Å². The number of hydrogen-bond donors (Lipinski definition) is 2. The maximum Gasteiger partial charge on any atom is 0.337 e. The van der Waals surface area contributed by atoms with Gasteiger partial charge in [-0.05, 0) is 44.1 Å². The number of carboxylic acid groups (broad SMARTS) is 1. The van der Waals surface area contributed by atoms with Crippen LogP contribution in [0.15, 0.2) is 22.7 Å². The normalized spacial score (nSPS) is 24.2. The molecule has 1 heterocycles. The van der Waals surface area contributed by atoms with E-state index in [1.165, 1.54) is 0 Å². The fraction of sp³-hybridized carbons (Fsp3) is 0.500. The third kappa shape index (κ3) is 3.48. The lowest BCUT2D eigenvalue weighted by Gasteiger charge is -2.36.